The predicted molar refractivity (Wildman–Crippen MR) is 60.5 cm³/mol. The Morgan fingerprint density at radius 3 is 3.27 bits per heavy atom. The number of imidazole rings is 1. The van der Waals surface area contributed by atoms with Gasteiger partial charge in [0.25, 0.3) is 0 Å². The van der Waals surface area contributed by atoms with Crippen LogP contribution in [0, 0.1) is 0 Å². The lowest BCUT2D eigenvalue weighted by Crippen LogP contribution is -2.33. The summed E-state index contributed by atoms with van der Waals surface area (Å²) >= 11 is 1.77. The number of aromatic nitrogens is 2. The number of carbonyl (C=O) groups excluding carboxylic acids is 1. The summed E-state index contributed by atoms with van der Waals surface area (Å²) in [6.45, 7) is 0.503. The highest BCUT2D eigenvalue weighted by molar-refractivity contribution is 8.00. The molecule has 0 aromatic carbocycles. The molecule has 0 aliphatic carbocycles. The third-order valence-corrected chi connectivity index (χ3v) is 3.83. The molecular formula is C10H15N3OS. The van der Waals surface area contributed by atoms with E-state index in [2.05, 4.69) is 15.3 Å². The number of H-pyrrole nitrogens is 1. The molecule has 5 heteroatoms. The number of thioether (sulfide) groups is 1. The molecule has 1 aliphatic heterocycles. The molecule has 1 unspecified atom stereocenters. The molecule has 0 saturated carbocycles. The lowest BCUT2D eigenvalue weighted by atomic mass is 10.2. The molecule has 1 amide bonds. The molecule has 1 atom stereocenters. The number of nitrogens with zero attached hydrogens (tertiary/aromatic N) is 1. The molecule has 2 rings (SSSR count). The van der Waals surface area contributed by atoms with Crippen LogP contribution in [0.5, 0.6) is 0 Å². The number of hydrogen-bond acceptors (Lipinski definition) is 3. The van der Waals surface area contributed by atoms with E-state index in [1.807, 2.05) is 0 Å². The molecule has 2 N–H and O–H groups in total. The summed E-state index contributed by atoms with van der Waals surface area (Å²) in [6.07, 6.45) is 6.88. The maximum Gasteiger partial charge on any atom is 0.233 e. The Morgan fingerprint density at radius 1 is 1.67 bits per heavy atom. The second-order valence-electron chi connectivity index (χ2n) is 3.61. The number of amides is 1. The van der Waals surface area contributed by atoms with Gasteiger partial charge in [0.2, 0.25) is 5.91 Å². The van der Waals surface area contributed by atoms with Gasteiger partial charge >= 0.3 is 0 Å². The van der Waals surface area contributed by atoms with E-state index in [0.29, 0.717) is 6.54 Å². The molecular weight excluding hydrogens is 210 g/mol. The van der Waals surface area contributed by atoms with Gasteiger partial charge < -0.3 is 10.3 Å². The first-order valence-corrected chi connectivity index (χ1v) is 6.29. The fraction of sp³-hybridized carbons (Fsp3) is 0.600. The Labute approximate surface area is 93.2 Å². The zero-order valence-electron chi connectivity index (χ0n) is 8.53. The maximum absolute atomic E-state index is 11.7. The van der Waals surface area contributed by atoms with Crippen molar-refractivity contribution in [2.75, 3.05) is 5.75 Å². The highest BCUT2D eigenvalue weighted by Gasteiger charge is 2.21. The van der Waals surface area contributed by atoms with Gasteiger partial charge in [0.05, 0.1) is 11.8 Å². The largest absolute Gasteiger partial charge is 0.348 e. The molecule has 4 nitrogen and oxygen atoms in total. The molecule has 1 saturated heterocycles. The summed E-state index contributed by atoms with van der Waals surface area (Å²) in [4.78, 5) is 18.7. The van der Waals surface area contributed by atoms with E-state index in [-0.39, 0.29) is 11.2 Å². The molecule has 1 aliphatic rings. The first-order valence-electron chi connectivity index (χ1n) is 5.24. The van der Waals surface area contributed by atoms with Crippen molar-refractivity contribution in [2.45, 2.75) is 31.1 Å². The molecule has 82 valence electrons. The predicted octanol–water partition coefficient (Wildman–Crippen LogP) is 1.31. The fourth-order valence-electron chi connectivity index (χ4n) is 1.63. The first kappa shape index (κ1) is 10.5. The Hall–Kier alpha value is -0.970. The number of carbonyl (C=O) groups is 1. The normalized spacial score (nSPS) is 21.2. The number of nitrogens with one attached hydrogen (secondary N) is 2. The quantitative estimate of drug-likeness (QED) is 0.815. The van der Waals surface area contributed by atoms with Crippen LogP contribution in [0.4, 0.5) is 0 Å². The van der Waals surface area contributed by atoms with Gasteiger partial charge in [0.1, 0.15) is 5.82 Å². The van der Waals surface area contributed by atoms with Crippen LogP contribution in [0.2, 0.25) is 0 Å². The monoisotopic (exact) mass is 225 g/mol. The summed E-state index contributed by atoms with van der Waals surface area (Å²) in [6, 6.07) is 0. The van der Waals surface area contributed by atoms with Crippen LogP contribution in [0.3, 0.4) is 0 Å². The second-order valence-corrected chi connectivity index (χ2v) is 4.92. The topological polar surface area (TPSA) is 57.8 Å². The second kappa shape index (κ2) is 5.21. The molecule has 0 spiro atoms. The van der Waals surface area contributed by atoms with Crippen LogP contribution < -0.4 is 5.32 Å². The zero-order valence-corrected chi connectivity index (χ0v) is 9.35. The fourth-order valence-corrected chi connectivity index (χ4v) is 2.85. The molecule has 0 bridgehead atoms. The molecule has 15 heavy (non-hydrogen) atoms. The third kappa shape index (κ3) is 2.99. The van der Waals surface area contributed by atoms with E-state index < -0.39 is 0 Å². The average molecular weight is 225 g/mol. The van der Waals surface area contributed by atoms with Crippen molar-refractivity contribution < 1.29 is 4.79 Å². The van der Waals surface area contributed by atoms with Gasteiger partial charge in [0.15, 0.2) is 0 Å². The van der Waals surface area contributed by atoms with Crippen LogP contribution in [0.15, 0.2) is 12.4 Å². The van der Waals surface area contributed by atoms with Gasteiger partial charge in [0, 0.05) is 12.4 Å². The summed E-state index contributed by atoms with van der Waals surface area (Å²) in [5, 5.41) is 3.05. The van der Waals surface area contributed by atoms with Crippen LogP contribution in [0.1, 0.15) is 25.1 Å². The number of hydrogen-bond donors (Lipinski definition) is 2. The smallest absolute Gasteiger partial charge is 0.233 e. The van der Waals surface area contributed by atoms with Crippen LogP contribution >= 0.6 is 11.8 Å². The highest BCUT2D eigenvalue weighted by Crippen LogP contribution is 2.24. The Morgan fingerprint density at radius 2 is 2.60 bits per heavy atom. The molecule has 1 fully saturated rings. The van der Waals surface area contributed by atoms with E-state index >= 15 is 0 Å². The van der Waals surface area contributed by atoms with Crippen molar-refractivity contribution in [1.29, 1.82) is 0 Å². The third-order valence-electron chi connectivity index (χ3n) is 2.46. The summed E-state index contributed by atoms with van der Waals surface area (Å²) in [7, 11) is 0. The Balaban J connectivity index is 1.76. The minimum Gasteiger partial charge on any atom is -0.348 e. The first-order chi connectivity index (χ1) is 7.36. The molecule has 0 radical (unpaired) electrons. The van der Waals surface area contributed by atoms with Crippen molar-refractivity contribution in [3.05, 3.63) is 18.2 Å². The summed E-state index contributed by atoms with van der Waals surface area (Å²) in [5.74, 6) is 2.07. The minimum atomic E-state index is 0.147. The van der Waals surface area contributed by atoms with E-state index in [1.165, 1.54) is 12.8 Å². The summed E-state index contributed by atoms with van der Waals surface area (Å²) < 4.78 is 0. The number of aromatic amines is 1. The summed E-state index contributed by atoms with van der Waals surface area (Å²) in [5.41, 5.74) is 0. The molecule has 2 heterocycles. The Bertz CT molecular complexity index is 306. The van der Waals surface area contributed by atoms with Crippen LogP contribution in [-0.2, 0) is 11.3 Å². The highest BCUT2D eigenvalue weighted by atomic mass is 32.2. The van der Waals surface area contributed by atoms with Crippen molar-refractivity contribution in [2.24, 2.45) is 0 Å². The van der Waals surface area contributed by atoms with E-state index in [9.17, 15) is 4.79 Å². The SMILES string of the molecule is O=C(NCc1ncc[nH]1)C1CCCCS1. The van der Waals surface area contributed by atoms with E-state index in [1.54, 1.807) is 24.2 Å². The average Bonchev–Trinajstić information content (AvgIpc) is 2.80. The maximum atomic E-state index is 11.7. The van der Waals surface area contributed by atoms with Gasteiger partial charge in [-0.25, -0.2) is 4.98 Å². The zero-order chi connectivity index (χ0) is 10.5. The van der Waals surface area contributed by atoms with E-state index in [4.69, 9.17) is 0 Å². The van der Waals surface area contributed by atoms with Crippen molar-refractivity contribution >= 4 is 17.7 Å². The number of rotatable bonds is 3. The van der Waals surface area contributed by atoms with Crippen molar-refractivity contribution in [3.8, 4) is 0 Å². The lowest BCUT2D eigenvalue weighted by Gasteiger charge is -2.20. The molecule has 1 aromatic heterocycles. The Kier molecular flexibility index (Phi) is 3.66. The van der Waals surface area contributed by atoms with Gasteiger partial charge in [-0.2, -0.15) is 0 Å². The standard InChI is InChI=1S/C10H15N3OS/c14-10(8-3-1-2-6-15-8)13-7-9-11-4-5-12-9/h4-5,8H,1-3,6-7H2,(H,11,12)(H,13,14). The van der Waals surface area contributed by atoms with Gasteiger partial charge in [-0.1, -0.05) is 6.42 Å². The minimum absolute atomic E-state index is 0.147. The van der Waals surface area contributed by atoms with Gasteiger partial charge in [-0.3, -0.25) is 4.79 Å². The van der Waals surface area contributed by atoms with E-state index in [0.717, 1.165) is 18.0 Å². The van der Waals surface area contributed by atoms with Crippen LogP contribution in [0.25, 0.3) is 0 Å². The lowest BCUT2D eigenvalue weighted by molar-refractivity contribution is -0.120. The van der Waals surface area contributed by atoms with Crippen LogP contribution in [-0.4, -0.2) is 26.9 Å². The van der Waals surface area contributed by atoms with Crippen molar-refractivity contribution in [1.82, 2.24) is 15.3 Å². The van der Waals surface area contributed by atoms with Crippen molar-refractivity contribution in [3.63, 3.8) is 0 Å². The van der Waals surface area contributed by atoms with Gasteiger partial charge in [-0.05, 0) is 18.6 Å². The van der Waals surface area contributed by atoms with Gasteiger partial charge in [-0.15, -0.1) is 11.8 Å². The molecule has 1 aromatic rings.